The smallest absolute Gasteiger partial charge is 0.223 e. The lowest BCUT2D eigenvalue weighted by Gasteiger charge is -2.36. The topological polar surface area (TPSA) is 40.5 Å². The molecule has 1 saturated heterocycles. The monoisotopic (exact) mass is 339 g/mol. The Morgan fingerprint density at radius 2 is 1.90 bits per heavy atom. The summed E-state index contributed by atoms with van der Waals surface area (Å²) in [6.07, 6.45) is 1.88. The van der Waals surface area contributed by atoms with Gasteiger partial charge in [0.15, 0.2) is 0 Å². The van der Waals surface area contributed by atoms with Crippen LogP contribution in [-0.4, -0.2) is 34.6 Å². The number of benzene rings is 1. The second-order valence-corrected chi connectivity index (χ2v) is 6.95. The maximum atomic E-state index is 12.3. The molecule has 4 heteroatoms. The average molecular weight is 340 g/mol. The van der Waals surface area contributed by atoms with Gasteiger partial charge in [0.1, 0.15) is 0 Å². The first kappa shape index (κ1) is 15.5. The molecule has 110 valence electrons. The number of rotatable bonds is 3. The SMILES string of the molecule is CC(CC(=O)N1CCC(C)(O)CC1)c1ccc(Br)cc1. The molecular formula is C16H22BrNO2. The molecule has 1 amide bonds. The second kappa shape index (κ2) is 6.27. The Morgan fingerprint density at radius 3 is 2.45 bits per heavy atom. The van der Waals surface area contributed by atoms with Crippen molar-refractivity contribution in [3.63, 3.8) is 0 Å². The number of carbonyl (C=O) groups is 1. The van der Waals surface area contributed by atoms with Crippen molar-refractivity contribution in [2.45, 2.75) is 44.6 Å². The first-order valence-corrected chi connectivity index (χ1v) is 7.92. The Bertz CT molecular complexity index is 460. The van der Waals surface area contributed by atoms with Crippen molar-refractivity contribution in [3.8, 4) is 0 Å². The summed E-state index contributed by atoms with van der Waals surface area (Å²) in [5.41, 5.74) is 0.583. The highest BCUT2D eigenvalue weighted by molar-refractivity contribution is 9.10. The lowest BCUT2D eigenvalue weighted by molar-refractivity contribution is -0.135. The molecule has 1 aromatic carbocycles. The number of piperidine rings is 1. The third-order valence-electron chi connectivity index (χ3n) is 4.11. The second-order valence-electron chi connectivity index (χ2n) is 6.03. The molecule has 0 spiro atoms. The summed E-state index contributed by atoms with van der Waals surface area (Å²) in [5, 5.41) is 9.92. The summed E-state index contributed by atoms with van der Waals surface area (Å²) in [4.78, 5) is 14.2. The fraction of sp³-hybridized carbons (Fsp3) is 0.562. The van der Waals surface area contributed by atoms with E-state index in [2.05, 4.69) is 35.0 Å². The van der Waals surface area contributed by atoms with E-state index in [1.807, 2.05) is 24.0 Å². The maximum Gasteiger partial charge on any atom is 0.223 e. The number of hydrogen-bond donors (Lipinski definition) is 1. The molecule has 0 saturated carbocycles. The molecule has 1 atom stereocenters. The van der Waals surface area contributed by atoms with Gasteiger partial charge in [0, 0.05) is 24.0 Å². The first-order chi connectivity index (χ1) is 9.37. The van der Waals surface area contributed by atoms with Gasteiger partial charge in [-0.05, 0) is 43.4 Å². The van der Waals surface area contributed by atoms with E-state index in [1.165, 1.54) is 5.56 Å². The van der Waals surface area contributed by atoms with Crippen LogP contribution in [0.15, 0.2) is 28.7 Å². The van der Waals surface area contributed by atoms with Crippen LogP contribution >= 0.6 is 15.9 Å². The van der Waals surface area contributed by atoms with E-state index in [0.29, 0.717) is 32.4 Å². The van der Waals surface area contributed by atoms with Gasteiger partial charge in [0.05, 0.1) is 5.60 Å². The molecular weight excluding hydrogens is 318 g/mol. The summed E-state index contributed by atoms with van der Waals surface area (Å²) in [5.74, 6) is 0.411. The van der Waals surface area contributed by atoms with Crippen molar-refractivity contribution in [3.05, 3.63) is 34.3 Å². The number of hydrogen-bond acceptors (Lipinski definition) is 2. The minimum absolute atomic E-state index is 0.191. The van der Waals surface area contributed by atoms with E-state index < -0.39 is 5.60 Å². The Morgan fingerprint density at radius 1 is 1.35 bits per heavy atom. The number of aliphatic hydroxyl groups is 1. The van der Waals surface area contributed by atoms with Crippen LogP contribution in [0.3, 0.4) is 0 Å². The fourth-order valence-corrected chi connectivity index (χ4v) is 2.80. The summed E-state index contributed by atoms with van der Waals surface area (Å²) in [7, 11) is 0. The van der Waals surface area contributed by atoms with Crippen LogP contribution in [-0.2, 0) is 4.79 Å². The van der Waals surface area contributed by atoms with Gasteiger partial charge >= 0.3 is 0 Å². The Balaban J connectivity index is 1.90. The zero-order valence-corrected chi connectivity index (χ0v) is 13.7. The van der Waals surface area contributed by atoms with Gasteiger partial charge in [0.25, 0.3) is 0 Å². The molecule has 0 aromatic heterocycles. The lowest BCUT2D eigenvalue weighted by Crippen LogP contribution is -2.45. The Kier molecular flexibility index (Phi) is 4.86. The minimum Gasteiger partial charge on any atom is -0.390 e. The Labute approximate surface area is 129 Å². The van der Waals surface area contributed by atoms with E-state index >= 15 is 0 Å². The maximum absolute atomic E-state index is 12.3. The van der Waals surface area contributed by atoms with Crippen molar-refractivity contribution in [2.24, 2.45) is 0 Å². The number of likely N-dealkylation sites (tertiary alicyclic amines) is 1. The number of halogens is 1. The molecule has 2 rings (SSSR count). The first-order valence-electron chi connectivity index (χ1n) is 7.13. The van der Waals surface area contributed by atoms with Gasteiger partial charge in [-0.1, -0.05) is 35.0 Å². The predicted molar refractivity (Wildman–Crippen MR) is 83.6 cm³/mol. The zero-order valence-electron chi connectivity index (χ0n) is 12.1. The highest BCUT2D eigenvalue weighted by atomic mass is 79.9. The third-order valence-corrected chi connectivity index (χ3v) is 4.64. The molecule has 1 N–H and O–H groups in total. The summed E-state index contributed by atoms with van der Waals surface area (Å²) < 4.78 is 1.05. The summed E-state index contributed by atoms with van der Waals surface area (Å²) >= 11 is 3.42. The highest BCUT2D eigenvalue weighted by Gasteiger charge is 2.29. The van der Waals surface area contributed by atoms with Gasteiger partial charge in [-0.3, -0.25) is 4.79 Å². The largest absolute Gasteiger partial charge is 0.390 e. The fourth-order valence-electron chi connectivity index (χ4n) is 2.54. The normalized spacial score (nSPS) is 19.7. The standard InChI is InChI=1S/C16H22BrNO2/c1-12(13-3-5-14(17)6-4-13)11-15(19)18-9-7-16(2,20)8-10-18/h3-6,12,20H,7-11H2,1-2H3. The molecule has 1 heterocycles. The zero-order chi connectivity index (χ0) is 14.8. The Hall–Kier alpha value is -0.870. The van der Waals surface area contributed by atoms with Crippen LogP contribution in [0.5, 0.6) is 0 Å². The molecule has 1 unspecified atom stereocenters. The third kappa shape index (κ3) is 4.06. The highest BCUT2D eigenvalue weighted by Crippen LogP contribution is 2.25. The molecule has 1 fully saturated rings. The molecule has 1 aromatic rings. The quantitative estimate of drug-likeness (QED) is 0.917. The number of nitrogens with zero attached hydrogens (tertiary/aromatic N) is 1. The van der Waals surface area contributed by atoms with Crippen LogP contribution in [0, 0.1) is 0 Å². The average Bonchev–Trinajstić information content (AvgIpc) is 2.39. The van der Waals surface area contributed by atoms with Crippen molar-refractivity contribution >= 4 is 21.8 Å². The molecule has 1 aliphatic rings. The van der Waals surface area contributed by atoms with E-state index in [-0.39, 0.29) is 11.8 Å². The summed E-state index contributed by atoms with van der Waals surface area (Å²) in [6, 6.07) is 8.13. The molecule has 0 bridgehead atoms. The van der Waals surface area contributed by atoms with Gasteiger partial charge in [-0.25, -0.2) is 0 Å². The van der Waals surface area contributed by atoms with Crippen molar-refractivity contribution < 1.29 is 9.90 Å². The van der Waals surface area contributed by atoms with Gasteiger partial charge in [0.2, 0.25) is 5.91 Å². The van der Waals surface area contributed by atoms with Gasteiger partial charge < -0.3 is 10.0 Å². The molecule has 0 radical (unpaired) electrons. The summed E-state index contributed by atoms with van der Waals surface area (Å²) in [6.45, 7) is 5.26. The van der Waals surface area contributed by atoms with Crippen LogP contribution < -0.4 is 0 Å². The van der Waals surface area contributed by atoms with E-state index in [9.17, 15) is 9.90 Å². The van der Waals surface area contributed by atoms with Crippen molar-refractivity contribution in [1.82, 2.24) is 4.90 Å². The number of carbonyl (C=O) groups excluding carboxylic acids is 1. The van der Waals surface area contributed by atoms with Gasteiger partial charge in [-0.2, -0.15) is 0 Å². The van der Waals surface area contributed by atoms with E-state index in [4.69, 9.17) is 0 Å². The lowest BCUT2D eigenvalue weighted by atomic mass is 9.92. The minimum atomic E-state index is -0.603. The van der Waals surface area contributed by atoms with Crippen LogP contribution in [0.4, 0.5) is 0 Å². The van der Waals surface area contributed by atoms with Crippen molar-refractivity contribution in [2.75, 3.05) is 13.1 Å². The predicted octanol–water partition coefficient (Wildman–Crippen LogP) is 3.32. The molecule has 0 aliphatic carbocycles. The molecule has 20 heavy (non-hydrogen) atoms. The van der Waals surface area contributed by atoms with Crippen LogP contribution in [0.25, 0.3) is 0 Å². The van der Waals surface area contributed by atoms with Crippen molar-refractivity contribution in [1.29, 1.82) is 0 Å². The molecule has 3 nitrogen and oxygen atoms in total. The van der Waals surface area contributed by atoms with Crippen LogP contribution in [0.1, 0.15) is 44.6 Å². The molecule has 1 aliphatic heterocycles. The van der Waals surface area contributed by atoms with Gasteiger partial charge in [-0.15, -0.1) is 0 Å². The number of amides is 1. The van der Waals surface area contributed by atoms with E-state index in [0.717, 1.165) is 4.47 Å². The van der Waals surface area contributed by atoms with Crippen LogP contribution in [0.2, 0.25) is 0 Å². The van der Waals surface area contributed by atoms with E-state index in [1.54, 1.807) is 0 Å².